The van der Waals surface area contributed by atoms with E-state index in [2.05, 4.69) is 6.58 Å². The molecular weight excluding hydrogens is 544 g/mol. The molecule has 0 bridgehead atoms. The van der Waals surface area contributed by atoms with E-state index in [9.17, 15) is 18.3 Å². The second-order valence-corrected chi connectivity index (χ2v) is 11.9. The van der Waals surface area contributed by atoms with Crippen molar-refractivity contribution in [3.05, 3.63) is 94.6 Å². The number of hydrogen-bond acceptors (Lipinski definition) is 8. The van der Waals surface area contributed by atoms with Crippen LogP contribution in [0, 0.1) is 20.8 Å². The van der Waals surface area contributed by atoms with Crippen LogP contribution in [-0.4, -0.2) is 38.1 Å². The summed E-state index contributed by atoms with van der Waals surface area (Å²) in [6.45, 7) is 12.1. The standard InChI is InChI=1S/C32H34O8S/c1-7-14-37-24-9-10-25(29(17-24)40-41(35,36)31-21(3)15-20(2)16-22(31)4)27(34)19-38-30-23(18-33)8-11-28-26(30)12-13-32(5,6)39-28/h7-13,15-17,33H,1,14,18-19H2,2-6H3. The molecule has 0 unspecified atom stereocenters. The van der Waals surface area contributed by atoms with Gasteiger partial charge in [0.1, 0.15) is 34.4 Å². The zero-order valence-electron chi connectivity index (χ0n) is 23.8. The van der Waals surface area contributed by atoms with E-state index in [1.54, 1.807) is 50.3 Å². The fourth-order valence-corrected chi connectivity index (χ4v) is 6.12. The number of ketones is 1. The molecular formula is C32H34O8S. The molecule has 0 aromatic heterocycles. The van der Waals surface area contributed by atoms with E-state index in [4.69, 9.17) is 18.4 Å². The Kier molecular flexibility index (Phi) is 8.60. The van der Waals surface area contributed by atoms with Crippen LogP contribution in [0.1, 0.15) is 52.0 Å². The number of carbonyl (C=O) groups excluding carboxylic acids is 1. The number of carbonyl (C=O) groups is 1. The molecule has 0 radical (unpaired) electrons. The molecule has 4 rings (SSSR count). The molecule has 216 valence electrons. The number of aliphatic hydroxyl groups is 1. The smallest absolute Gasteiger partial charge is 0.339 e. The van der Waals surface area contributed by atoms with Crippen LogP contribution in [0.25, 0.3) is 6.08 Å². The molecule has 0 saturated carbocycles. The maximum absolute atomic E-state index is 13.5. The van der Waals surface area contributed by atoms with E-state index in [1.807, 2.05) is 32.9 Å². The molecule has 9 heteroatoms. The van der Waals surface area contributed by atoms with Gasteiger partial charge in [-0.15, -0.1) is 0 Å². The third-order valence-electron chi connectivity index (χ3n) is 6.46. The van der Waals surface area contributed by atoms with Crippen molar-refractivity contribution in [2.45, 2.75) is 51.7 Å². The Balaban J connectivity index is 1.68. The monoisotopic (exact) mass is 578 g/mol. The van der Waals surface area contributed by atoms with Crippen LogP contribution in [0.4, 0.5) is 0 Å². The molecule has 0 spiro atoms. The summed E-state index contributed by atoms with van der Waals surface area (Å²) in [6.07, 6.45) is 5.23. The molecule has 41 heavy (non-hydrogen) atoms. The van der Waals surface area contributed by atoms with E-state index in [1.165, 1.54) is 12.1 Å². The van der Waals surface area contributed by atoms with Gasteiger partial charge in [-0.05, 0) is 82.2 Å². The highest BCUT2D eigenvalue weighted by molar-refractivity contribution is 7.87. The Morgan fingerprint density at radius 1 is 1.05 bits per heavy atom. The molecule has 1 N–H and O–H groups in total. The van der Waals surface area contributed by atoms with E-state index in [-0.39, 0.29) is 29.4 Å². The Labute approximate surface area is 241 Å². The van der Waals surface area contributed by atoms with Crippen molar-refractivity contribution in [3.8, 4) is 23.0 Å². The van der Waals surface area contributed by atoms with Gasteiger partial charge < -0.3 is 23.5 Å². The van der Waals surface area contributed by atoms with E-state index >= 15 is 0 Å². The molecule has 1 heterocycles. The Hall–Kier alpha value is -4.08. The number of Topliss-reactive ketones (excluding diaryl/α,β-unsaturated/α-hetero) is 1. The first-order valence-corrected chi connectivity index (χ1v) is 14.5. The summed E-state index contributed by atoms with van der Waals surface area (Å²) >= 11 is 0. The second-order valence-electron chi connectivity index (χ2n) is 10.4. The first-order chi connectivity index (χ1) is 19.3. The van der Waals surface area contributed by atoms with Gasteiger partial charge in [0.05, 0.1) is 17.7 Å². The number of ether oxygens (including phenoxy) is 3. The summed E-state index contributed by atoms with van der Waals surface area (Å²) < 4.78 is 50.0. The van der Waals surface area contributed by atoms with Crippen LogP contribution >= 0.6 is 0 Å². The van der Waals surface area contributed by atoms with Gasteiger partial charge >= 0.3 is 10.1 Å². The highest BCUT2D eigenvalue weighted by atomic mass is 32.2. The summed E-state index contributed by atoms with van der Waals surface area (Å²) in [7, 11) is -4.31. The van der Waals surface area contributed by atoms with Crippen LogP contribution in [0.15, 0.2) is 66.1 Å². The van der Waals surface area contributed by atoms with Gasteiger partial charge in [0.2, 0.25) is 5.78 Å². The third kappa shape index (κ3) is 6.64. The number of rotatable bonds is 11. The molecule has 0 fully saturated rings. The number of aryl methyl sites for hydroxylation is 3. The van der Waals surface area contributed by atoms with Crippen LogP contribution in [0.5, 0.6) is 23.0 Å². The first-order valence-electron chi connectivity index (χ1n) is 13.1. The van der Waals surface area contributed by atoms with Gasteiger partial charge in [-0.2, -0.15) is 8.42 Å². The molecule has 0 amide bonds. The van der Waals surface area contributed by atoms with Gasteiger partial charge in [-0.3, -0.25) is 4.79 Å². The summed E-state index contributed by atoms with van der Waals surface area (Å²) in [6, 6.07) is 11.3. The average Bonchev–Trinajstić information content (AvgIpc) is 2.88. The largest absolute Gasteiger partial charge is 0.489 e. The maximum Gasteiger partial charge on any atom is 0.339 e. The predicted molar refractivity (Wildman–Crippen MR) is 157 cm³/mol. The second kappa shape index (κ2) is 11.8. The number of fused-ring (bicyclic) bond motifs is 1. The van der Waals surface area contributed by atoms with E-state index < -0.39 is 28.1 Å². The lowest BCUT2D eigenvalue weighted by Gasteiger charge is -2.29. The quantitative estimate of drug-likeness (QED) is 0.171. The topological polar surface area (TPSA) is 108 Å². The van der Waals surface area contributed by atoms with Crippen LogP contribution < -0.4 is 18.4 Å². The zero-order valence-corrected chi connectivity index (χ0v) is 24.6. The number of aliphatic hydroxyl groups excluding tert-OH is 1. The van der Waals surface area contributed by atoms with E-state index in [0.29, 0.717) is 39.5 Å². The highest BCUT2D eigenvalue weighted by Crippen LogP contribution is 2.39. The fourth-order valence-electron chi connectivity index (χ4n) is 4.75. The summed E-state index contributed by atoms with van der Waals surface area (Å²) in [4.78, 5) is 13.5. The zero-order chi connectivity index (χ0) is 29.9. The minimum Gasteiger partial charge on any atom is -0.489 e. The molecule has 1 aliphatic heterocycles. The van der Waals surface area contributed by atoms with Crippen molar-refractivity contribution in [3.63, 3.8) is 0 Å². The number of benzene rings is 3. The maximum atomic E-state index is 13.5. The van der Waals surface area contributed by atoms with Crippen molar-refractivity contribution in [1.29, 1.82) is 0 Å². The van der Waals surface area contributed by atoms with Gasteiger partial charge in [-0.25, -0.2) is 0 Å². The SMILES string of the molecule is C=CCOc1ccc(C(=O)COc2c(CO)ccc3c2C=CC(C)(C)O3)c(OS(=O)(=O)c2c(C)cc(C)cc2C)c1. The normalized spacial score (nSPS) is 13.6. The van der Waals surface area contributed by atoms with Crippen molar-refractivity contribution in [2.24, 2.45) is 0 Å². The molecule has 0 saturated heterocycles. The van der Waals surface area contributed by atoms with Crippen molar-refractivity contribution in [1.82, 2.24) is 0 Å². The lowest BCUT2D eigenvalue weighted by molar-refractivity contribution is 0.0916. The van der Waals surface area contributed by atoms with Crippen molar-refractivity contribution >= 4 is 22.0 Å². The summed E-state index contributed by atoms with van der Waals surface area (Å²) in [5.74, 6) is 0.429. The average molecular weight is 579 g/mol. The predicted octanol–water partition coefficient (Wildman–Crippen LogP) is 5.88. The molecule has 0 aliphatic carbocycles. The van der Waals surface area contributed by atoms with Gasteiger partial charge in [-0.1, -0.05) is 30.4 Å². The lowest BCUT2D eigenvalue weighted by Crippen LogP contribution is -2.27. The van der Waals surface area contributed by atoms with Gasteiger partial charge in [0, 0.05) is 11.6 Å². The first kappa shape index (κ1) is 29.9. The van der Waals surface area contributed by atoms with Crippen LogP contribution in [0.3, 0.4) is 0 Å². The molecule has 3 aromatic carbocycles. The summed E-state index contributed by atoms with van der Waals surface area (Å²) in [5.41, 5.74) is 2.51. The van der Waals surface area contributed by atoms with Crippen LogP contribution in [0.2, 0.25) is 0 Å². The van der Waals surface area contributed by atoms with Gasteiger partial charge in [0.15, 0.2) is 12.4 Å². The minimum atomic E-state index is -4.31. The highest BCUT2D eigenvalue weighted by Gasteiger charge is 2.28. The Bertz CT molecular complexity index is 1610. The number of hydrogen-bond donors (Lipinski definition) is 1. The molecule has 3 aromatic rings. The minimum absolute atomic E-state index is 0.00906. The van der Waals surface area contributed by atoms with Crippen LogP contribution in [-0.2, 0) is 16.7 Å². The van der Waals surface area contributed by atoms with Crippen molar-refractivity contribution in [2.75, 3.05) is 13.2 Å². The van der Waals surface area contributed by atoms with Crippen molar-refractivity contribution < 1.29 is 36.7 Å². The van der Waals surface area contributed by atoms with E-state index in [0.717, 1.165) is 5.56 Å². The molecule has 1 aliphatic rings. The summed E-state index contributed by atoms with van der Waals surface area (Å²) in [5, 5.41) is 9.91. The Morgan fingerprint density at radius 3 is 2.41 bits per heavy atom. The Morgan fingerprint density at radius 2 is 1.76 bits per heavy atom. The lowest BCUT2D eigenvalue weighted by atomic mass is 9.99. The third-order valence-corrected chi connectivity index (χ3v) is 8.00. The van der Waals surface area contributed by atoms with Gasteiger partial charge in [0.25, 0.3) is 0 Å². The molecule has 0 atom stereocenters. The molecule has 8 nitrogen and oxygen atoms in total. The fraction of sp³-hybridized carbons (Fsp3) is 0.281.